The molecule has 6 heteroatoms. The highest BCUT2D eigenvalue weighted by molar-refractivity contribution is 9.09. The normalized spacial score (nSPS) is 17.9. The van der Waals surface area contributed by atoms with Gasteiger partial charge in [0, 0.05) is 5.69 Å². The molecule has 5 rings (SSSR count). The second kappa shape index (κ2) is 11.6. The van der Waals surface area contributed by atoms with Crippen LogP contribution < -0.4 is 9.64 Å². The minimum absolute atomic E-state index is 0.0823. The van der Waals surface area contributed by atoms with E-state index in [2.05, 4.69) is 28.1 Å². The van der Waals surface area contributed by atoms with Gasteiger partial charge in [-0.25, -0.2) is 9.18 Å². The van der Waals surface area contributed by atoms with Crippen molar-refractivity contribution in [3.05, 3.63) is 132 Å². The topological polar surface area (TPSA) is 38.8 Å². The molecule has 1 fully saturated rings. The van der Waals surface area contributed by atoms with Gasteiger partial charge in [0.2, 0.25) is 0 Å². The molecule has 0 spiro atoms. The zero-order valence-electron chi connectivity index (χ0n) is 20.2. The molecule has 0 aromatic heterocycles. The molecule has 4 nitrogen and oxygen atoms in total. The number of anilines is 1. The van der Waals surface area contributed by atoms with Crippen LogP contribution in [-0.2, 0) is 17.8 Å². The Balaban J connectivity index is 1.38. The first kappa shape index (κ1) is 25.0. The molecule has 0 aliphatic carbocycles. The summed E-state index contributed by atoms with van der Waals surface area (Å²) in [4.78, 5) is 14.7. The minimum Gasteiger partial charge on any atom is -0.489 e. The maximum Gasteiger partial charge on any atom is 0.415 e. The predicted molar refractivity (Wildman–Crippen MR) is 147 cm³/mol. The van der Waals surface area contributed by atoms with Crippen LogP contribution in [0.25, 0.3) is 0 Å². The fourth-order valence-electron chi connectivity index (χ4n) is 4.59. The van der Waals surface area contributed by atoms with Gasteiger partial charge < -0.3 is 9.47 Å². The summed E-state index contributed by atoms with van der Waals surface area (Å²) in [6, 6.07) is 33.5. The van der Waals surface area contributed by atoms with Crippen molar-refractivity contribution in [3.63, 3.8) is 0 Å². The third kappa shape index (κ3) is 6.03. The summed E-state index contributed by atoms with van der Waals surface area (Å²) < 4.78 is 25.5. The highest BCUT2D eigenvalue weighted by Gasteiger charge is 2.46. The lowest BCUT2D eigenvalue weighted by atomic mass is 9.95. The zero-order valence-corrected chi connectivity index (χ0v) is 21.8. The third-order valence-electron chi connectivity index (χ3n) is 6.51. The van der Waals surface area contributed by atoms with Crippen molar-refractivity contribution in [2.75, 3.05) is 4.90 Å². The number of halogens is 2. The Morgan fingerprint density at radius 3 is 2.11 bits per heavy atom. The van der Waals surface area contributed by atoms with Gasteiger partial charge in [-0.3, -0.25) is 4.90 Å². The van der Waals surface area contributed by atoms with Gasteiger partial charge in [-0.05, 0) is 65.9 Å². The molecule has 3 atom stereocenters. The maximum absolute atomic E-state index is 13.6. The largest absolute Gasteiger partial charge is 0.489 e. The summed E-state index contributed by atoms with van der Waals surface area (Å²) in [5.74, 6) is 0.382. The molecule has 1 heterocycles. The molecule has 1 aliphatic rings. The van der Waals surface area contributed by atoms with E-state index in [-0.39, 0.29) is 16.7 Å². The van der Waals surface area contributed by atoms with E-state index < -0.39 is 12.2 Å². The van der Waals surface area contributed by atoms with Crippen molar-refractivity contribution in [1.29, 1.82) is 0 Å². The molecule has 37 heavy (non-hydrogen) atoms. The Kier molecular flexibility index (Phi) is 7.85. The van der Waals surface area contributed by atoms with Gasteiger partial charge in [-0.1, -0.05) is 88.7 Å². The third-order valence-corrected chi connectivity index (χ3v) is 7.48. The molecular formula is C31H27BrFNO3. The Morgan fingerprint density at radius 2 is 1.46 bits per heavy atom. The van der Waals surface area contributed by atoms with Crippen molar-refractivity contribution < 1.29 is 18.7 Å². The highest BCUT2D eigenvalue weighted by Crippen LogP contribution is 2.41. The van der Waals surface area contributed by atoms with Crippen molar-refractivity contribution >= 4 is 27.7 Å². The predicted octanol–water partition coefficient (Wildman–Crippen LogP) is 7.87. The molecular weight excluding hydrogens is 533 g/mol. The van der Waals surface area contributed by atoms with Gasteiger partial charge in [0.05, 0.1) is 4.83 Å². The first-order chi connectivity index (χ1) is 18.1. The van der Waals surface area contributed by atoms with Gasteiger partial charge in [0.25, 0.3) is 0 Å². The van der Waals surface area contributed by atoms with Gasteiger partial charge in [-0.2, -0.15) is 0 Å². The fourth-order valence-corrected chi connectivity index (χ4v) is 5.22. The van der Waals surface area contributed by atoms with Crippen LogP contribution in [0.1, 0.15) is 29.2 Å². The van der Waals surface area contributed by atoms with Gasteiger partial charge in [0.1, 0.15) is 30.3 Å². The average Bonchev–Trinajstić information content (AvgIpc) is 3.29. The van der Waals surface area contributed by atoms with Gasteiger partial charge in [0.15, 0.2) is 0 Å². The van der Waals surface area contributed by atoms with Crippen molar-refractivity contribution in [2.45, 2.75) is 36.4 Å². The fraction of sp³-hybridized carbons (Fsp3) is 0.194. The van der Waals surface area contributed by atoms with E-state index in [1.165, 1.54) is 17.7 Å². The quantitative estimate of drug-likeness (QED) is 0.196. The molecule has 0 N–H and O–H groups in total. The van der Waals surface area contributed by atoms with Gasteiger partial charge in [-0.15, -0.1) is 0 Å². The number of alkyl halides is 1. The second-order valence-corrected chi connectivity index (χ2v) is 10.2. The Labute approximate surface area is 224 Å². The number of cyclic esters (lactones) is 1. The number of rotatable bonds is 9. The molecule has 0 bridgehead atoms. The average molecular weight is 560 g/mol. The smallest absolute Gasteiger partial charge is 0.415 e. The van der Waals surface area contributed by atoms with E-state index >= 15 is 0 Å². The first-order valence-electron chi connectivity index (χ1n) is 12.3. The van der Waals surface area contributed by atoms with Crippen LogP contribution in [-0.4, -0.2) is 17.0 Å². The molecule has 0 saturated carbocycles. The van der Waals surface area contributed by atoms with Crippen molar-refractivity contribution in [3.8, 4) is 5.75 Å². The van der Waals surface area contributed by atoms with Crippen molar-refractivity contribution in [2.24, 2.45) is 0 Å². The number of aryl methyl sites for hydroxylation is 1. The molecule has 0 radical (unpaired) electrons. The number of benzene rings is 4. The molecule has 3 unspecified atom stereocenters. The standard InChI is InChI=1S/C31H27BrFNO3/c32-28(20-11-22-7-3-1-4-8-22)30-29(34(31(35)37-30)26-16-14-25(33)15-17-26)24-12-18-27(19-13-24)36-21-23-9-5-2-6-10-23/h1-10,12-19,28-30H,11,20-21H2. The lowest BCUT2D eigenvalue weighted by Crippen LogP contribution is -2.33. The summed E-state index contributed by atoms with van der Waals surface area (Å²) in [7, 11) is 0. The summed E-state index contributed by atoms with van der Waals surface area (Å²) in [6.07, 6.45) is 0.751. The molecule has 1 amide bonds. The van der Waals surface area contributed by atoms with Crippen LogP contribution in [0, 0.1) is 5.82 Å². The lowest BCUT2D eigenvalue weighted by molar-refractivity contribution is 0.129. The van der Waals surface area contributed by atoms with Gasteiger partial charge >= 0.3 is 6.09 Å². The van der Waals surface area contributed by atoms with Crippen molar-refractivity contribution in [1.82, 2.24) is 0 Å². The van der Waals surface area contributed by atoms with E-state index in [4.69, 9.17) is 9.47 Å². The number of amides is 1. The number of nitrogens with zero attached hydrogens (tertiary/aromatic N) is 1. The molecule has 1 saturated heterocycles. The Hall–Kier alpha value is -3.64. The maximum atomic E-state index is 13.6. The SMILES string of the molecule is O=C1OC(C(Br)CCc2ccccc2)C(c2ccc(OCc3ccccc3)cc2)N1c1ccc(F)cc1. The van der Waals surface area contributed by atoms with E-state index in [1.807, 2.05) is 72.8 Å². The van der Waals surface area contributed by atoms with Crippen LogP contribution in [0.2, 0.25) is 0 Å². The monoisotopic (exact) mass is 559 g/mol. The highest BCUT2D eigenvalue weighted by atomic mass is 79.9. The molecule has 4 aromatic carbocycles. The van der Waals surface area contributed by atoms with E-state index in [1.54, 1.807) is 17.0 Å². The Bertz CT molecular complexity index is 1300. The lowest BCUT2D eigenvalue weighted by Gasteiger charge is -2.27. The van der Waals surface area contributed by atoms with E-state index in [0.29, 0.717) is 12.3 Å². The summed E-state index contributed by atoms with van der Waals surface area (Å²) in [5.41, 5.74) is 3.81. The molecule has 1 aliphatic heterocycles. The van der Waals surface area contributed by atoms with Crippen LogP contribution in [0.3, 0.4) is 0 Å². The zero-order chi connectivity index (χ0) is 25.6. The number of carbonyl (C=O) groups is 1. The first-order valence-corrected chi connectivity index (χ1v) is 13.2. The van der Waals surface area contributed by atoms with Crippen LogP contribution in [0.15, 0.2) is 109 Å². The van der Waals surface area contributed by atoms with Crippen LogP contribution in [0.4, 0.5) is 14.9 Å². The summed E-state index contributed by atoms with van der Waals surface area (Å²) in [5, 5.41) is 0. The van der Waals surface area contributed by atoms with E-state index in [9.17, 15) is 9.18 Å². The molecule has 188 valence electrons. The van der Waals surface area contributed by atoms with Crippen LogP contribution in [0.5, 0.6) is 5.75 Å². The summed E-state index contributed by atoms with van der Waals surface area (Å²) >= 11 is 3.82. The minimum atomic E-state index is -0.449. The number of hydrogen-bond donors (Lipinski definition) is 0. The Morgan fingerprint density at radius 1 is 0.838 bits per heavy atom. The number of hydrogen-bond acceptors (Lipinski definition) is 3. The number of ether oxygens (including phenoxy) is 2. The summed E-state index contributed by atoms with van der Waals surface area (Å²) in [6.45, 7) is 0.471. The van der Waals surface area contributed by atoms with E-state index in [0.717, 1.165) is 29.7 Å². The van der Waals surface area contributed by atoms with Crippen LogP contribution >= 0.6 is 15.9 Å². The number of carbonyl (C=O) groups excluding carboxylic acids is 1. The molecule has 4 aromatic rings. The second-order valence-electron chi connectivity index (χ2n) is 9.02.